The maximum absolute atomic E-state index is 12.4. The minimum atomic E-state index is -3.92. The van der Waals surface area contributed by atoms with Crippen LogP contribution >= 0.6 is 23.2 Å². The number of nitrogens with zero attached hydrogens (tertiary/aromatic N) is 1. The van der Waals surface area contributed by atoms with Gasteiger partial charge in [0.05, 0.1) is 20.5 Å². The van der Waals surface area contributed by atoms with Crippen molar-refractivity contribution in [1.82, 2.24) is 4.31 Å². The number of esters is 1. The molecule has 3 rings (SSSR count). The van der Waals surface area contributed by atoms with Crippen LogP contribution in [0.25, 0.3) is 0 Å². The number of hydrogen-bond donors (Lipinski definition) is 0. The number of allylic oxidation sites excluding steroid dienone is 1. The number of hydrogen-bond acceptors (Lipinski definition) is 5. The highest BCUT2D eigenvalue weighted by Gasteiger charge is 2.44. The van der Waals surface area contributed by atoms with E-state index >= 15 is 0 Å². The van der Waals surface area contributed by atoms with Gasteiger partial charge in [0.15, 0.2) is 6.73 Å². The number of carbonyl (C=O) groups is 2. The van der Waals surface area contributed by atoms with Crippen molar-refractivity contribution >= 4 is 45.1 Å². The van der Waals surface area contributed by atoms with E-state index in [2.05, 4.69) is 0 Å². The van der Waals surface area contributed by atoms with Crippen LogP contribution in [0.3, 0.4) is 0 Å². The van der Waals surface area contributed by atoms with E-state index in [1.54, 1.807) is 6.07 Å². The molecule has 0 saturated heterocycles. The van der Waals surface area contributed by atoms with Gasteiger partial charge >= 0.3 is 5.97 Å². The first kappa shape index (κ1) is 17.3. The van der Waals surface area contributed by atoms with Crippen molar-refractivity contribution in [2.75, 3.05) is 6.73 Å². The fraction of sp³-hybridized carbons (Fsp3) is 0.333. The van der Waals surface area contributed by atoms with Crippen LogP contribution in [0, 0.1) is 0 Å². The molecule has 0 atom stereocenters. The first-order chi connectivity index (χ1) is 11.3. The lowest BCUT2D eigenvalue weighted by molar-refractivity contribution is -0.124. The highest BCUT2D eigenvalue weighted by molar-refractivity contribution is 7.94. The zero-order valence-electron chi connectivity index (χ0n) is 12.4. The Hall–Kier alpha value is -1.57. The minimum Gasteiger partial charge on any atom is -0.439 e. The zero-order chi connectivity index (χ0) is 17.5. The van der Waals surface area contributed by atoms with Gasteiger partial charge in [0.25, 0.3) is 15.9 Å². The Morgan fingerprint density at radius 1 is 1.17 bits per heavy atom. The lowest BCUT2D eigenvalue weighted by atomic mass is 9.99. The summed E-state index contributed by atoms with van der Waals surface area (Å²) in [5.41, 5.74) is 0.232. The average molecular weight is 390 g/mol. The van der Waals surface area contributed by atoms with E-state index in [1.165, 1.54) is 12.1 Å². The molecule has 1 aromatic rings. The van der Waals surface area contributed by atoms with Crippen LogP contribution in [0.2, 0.25) is 10.0 Å². The lowest BCUT2D eigenvalue weighted by Crippen LogP contribution is -2.34. The van der Waals surface area contributed by atoms with E-state index in [-0.39, 0.29) is 20.5 Å². The van der Waals surface area contributed by atoms with Crippen molar-refractivity contribution in [3.05, 3.63) is 44.3 Å². The third-order valence-electron chi connectivity index (χ3n) is 3.98. The number of rotatable bonds is 3. The van der Waals surface area contributed by atoms with Crippen LogP contribution < -0.4 is 0 Å². The summed E-state index contributed by atoms with van der Waals surface area (Å²) < 4.78 is 30.4. The van der Waals surface area contributed by atoms with Gasteiger partial charge in [-0.05, 0) is 37.8 Å². The molecule has 0 saturated carbocycles. The molecule has 0 spiro atoms. The second kappa shape index (κ2) is 6.38. The van der Waals surface area contributed by atoms with Crippen molar-refractivity contribution in [1.29, 1.82) is 0 Å². The van der Waals surface area contributed by atoms with Crippen LogP contribution in [-0.2, 0) is 19.6 Å². The van der Waals surface area contributed by atoms with Crippen LogP contribution in [0.5, 0.6) is 0 Å². The molecule has 1 amide bonds. The average Bonchev–Trinajstić information content (AvgIpc) is 2.73. The maximum atomic E-state index is 12.4. The highest BCUT2D eigenvalue weighted by Crippen LogP contribution is 2.37. The first-order valence-electron chi connectivity index (χ1n) is 7.24. The fourth-order valence-electron chi connectivity index (χ4n) is 2.79. The van der Waals surface area contributed by atoms with Crippen LogP contribution in [-0.4, -0.2) is 31.3 Å². The summed E-state index contributed by atoms with van der Waals surface area (Å²) in [5, 5.41) is 0.168. The Morgan fingerprint density at radius 2 is 1.79 bits per heavy atom. The van der Waals surface area contributed by atoms with E-state index in [9.17, 15) is 18.0 Å². The zero-order valence-corrected chi connectivity index (χ0v) is 14.7. The summed E-state index contributed by atoms with van der Waals surface area (Å²) >= 11 is 11.8. The molecule has 6 nitrogen and oxygen atoms in total. The molecule has 2 aliphatic rings. The summed E-state index contributed by atoms with van der Waals surface area (Å²) in [4.78, 5) is 24.6. The largest absolute Gasteiger partial charge is 0.439 e. The van der Waals surface area contributed by atoms with Gasteiger partial charge in [0.2, 0.25) is 0 Å². The number of carbonyl (C=O) groups excluding carboxylic acids is 2. The fourth-order valence-corrected chi connectivity index (χ4v) is 5.03. The van der Waals surface area contributed by atoms with Crippen LogP contribution in [0.1, 0.15) is 36.0 Å². The van der Waals surface area contributed by atoms with Gasteiger partial charge in [-0.1, -0.05) is 29.3 Å². The number of amides is 1. The van der Waals surface area contributed by atoms with E-state index in [4.69, 9.17) is 27.9 Å². The van der Waals surface area contributed by atoms with E-state index < -0.39 is 28.6 Å². The molecule has 0 bridgehead atoms. The molecule has 24 heavy (non-hydrogen) atoms. The van der Waals surface area contributed by atoms with Gasteiger partial charge in [-0.25, -0.2) is 13.2 Å². The number of benzene rings is 1. The lowest BCUT2D eigenvalue weighted by Gasteiger charge is -2.16. The molecule has 0 N–H and O–H groups in total. The topological polar surface area (TPSA) is 80.8 Å². The van der Waals surface area contributed by atoms with Gasteiger partial charge in [0.1, 0.15) is 0 Å². The molecule has 1 aliphatic carbocycles. The predicted molar refractivity (Wildman–Crippen MR) is 88.0 cm³/mol. The SMILES string of the molecule is O=C(OCN1C(=O)C2=C(CCCC2)S1(=O)=O)c1c(Cl)cccc1Cl. The highest BCUT2D eigenvalue weighted by atomic mass is 35.5. The molecule has 1 aromatic carbocycles. The van der Waals surface area contributed by atoms with Gasteiger partial charge in [-0.15, -0.1) is 0 Å². The third kappa shape index (κ3) is 2.81. The monoisotopic (exact) mass is 389 g/mol. The molecular weight excluding hydrogens is 377 g/mol. The second-order valence-corrected chi connectivity index (χ2v) is 8.12. The Balaban J connectivity index is 1.78. The van der Waals surface area contributed by atoms with Gasteiger partial charge in [0, 0.05) is 5.57 Å². The van der Waals surface area contributed by atoms with Crippen molar-refractivity contribution in [3.63, 3.8) is 0 Å². The van der Waals surface area contributed by atoms with Gasteiger partial charge in [-0.3, -0.25) is 4.79 Å². The Morgan fingerprint density at radius 3 is 2.42 bits per heavy atom. The minimum absolute atomic E-state index is 0.0670. The van der Waals surface area contributed by atoms with E-state index in [0.29, 0.717) is 29.1 Å². The summed E-state index contributed by atoms with van der Waals surface area (Å²) in [6.07, 6.45) is 2.25. The van der Waals surface area contributed by atoms with Crippen LogP contribution in [0.4, 0.5) is 0 Å². The quantitative estimate of drug-likeness (QED) is 0.741. The van der Waals surface area contributed by atoms with Crippen molar-refractivity contribution in [2.24, 2.45) is 0 Å². The summed E-state index contributed by atoms with van der Waals surface area (Å²) in [5.74, 6) is -1.51. The molecular formula is C15H13Cl2NO5S. The summed E-state index contributed by atoms with van der Waals surface area (Å²) in [6.45, 7) is -0.700. The smallest absolute Gasteiger partial charge is 0.342 e. The third-order valence-corrected chi connectivity index (χ3v) is 6.54. The molecule has 0 radical (unpaired) electrons. The summed E-state index contributed by atoms with van der Waals surface area (Å²) in [6, 6.07) is 4.48. The first-order valence-corrected chi connectivity index (χ1v) is 9.44. The van der Waals surface area contributed by atoms with Gasteiger partial charge < -0.3 is 4.74 Å². The van der Waals surface area contributed by atoms with E-state index in [1.807, 2.05) is 0 Å². The Labute approximate surface area is 149 Å². The standard InChI is InChI=1S/C15H13Cl2NO5S/c16-10-5-3-6-11(17)13(10)15(20)23-8-18-14(19)9-4-1-2-7-12(9)24(18,21)22/h3,5-6H,1-2,4,7-8H2. The molecule has 0 aromatic heterocycles. The second-order valence-electron chi connectivity index (χ2n) is 5.43. The van der Waals surface area contributed by atoms with Gasteiger partial charge in [-0.2, -0.15) is 4.31 Å². The molecule has 1 aliphatic heterocycles. The number of halogens is 2. The Kier molecular flexibility index (Phi) is 4.59. The van der Waals surface area contributed by atoms with Crippen molar-refractivity contribution in [3.8, 4) is 0 Å². The molecule has 128 valence electrons. The molecule has 0 fully saturated rings. The summed E-state index contributed by atoms with van der Waals surface area (Å²) in [7, 11) is -3.92. The number of ether oxygens (including phenoxy) is 1. The van der Waals surface area contributed by atoms with E-state index in [0.717, 1.165) is 6.42 Å². The van der Waals surface area contributed by atoms with Crippen molar-refractivity contribution in [2.45, 2.75) is 25.7 Å². The molecule has 1 heterocycles. The predicted octanol–water partition coefficient (Wildman–Crippen LogP) is 3.11. The van der Waals surface area contributed by atoms with Crippen molar-refractivity contribution < 1.29 is 22.7 Å². The molecule has 9 heteroatoms. The maximum Gasteiger partial charge on any atom is 0.342 e. The normalized spacial score (nSPS) is 19.4. The Bertz CT molecular complexity index is 842. The molecule has 0 unspecified atom stereocenters. The number of sulfonamides is 1. The van der Waals surface area contributed by atoms with Crippen LogP contribution in [0.15, 0.2) is 28.7 Å².